The summed E-state index contributed by atoms with van der Waals surface area (Å²) >= 11 is 0. The maximum Gasteiger partial charge on any atom is 0.337 e. The zero-order valence-corrected chi connectivity index (χ0v) is 22.8. The number of carbonyl (C=O) groups is 3. The van der Waals surface area contributed by atoms with Crippen molar-refractivity contribution in [3.63, 3.8) is 0 Å². The molecular formula is C32H35NO6. The molecule has 2 atom stereocenters. The largest absolute Gasteiger partial charge is 0.493 e. The highest BCUT2D eigenvalue weighted by Gasteiger charge is 2.42. The molecule has 7 heteroatoms. The van der Waals surface area contributed by atoms with Crippen molar-refractivity contribution in [2.24, 2.45) is 0 Å². The van der Waals surface area contributed by atoms with Crippen LogP contribution < -0.4 is 14.8 Å². The molecule has 0 amide bonds. The Hall–Kier alpha value is -3.87. The molecule has 0 bridgehead atoms. The third-order valence-electron chi connectivity index (χ3n) is 7.92. The van der Waals surface area contributed by atoms with Crippen molar-refractivity contribution in [3.05, 3.63) is 82.2 Å². The van der Waals surface area contributed by atoms with Gasteiger partial charge >= 0.3 is 11.9 Å². The average Bonchev–Trinajstić information content (AvgIpc) is 2.93. The van der Waals surface area contributed by atoms with Crippen LogP contribution in [0.5, 0.6) is 11.5 Å². The number of Topliss-reactive ketones (excluding diaryl/α,β-unsaturated/α-hetero) is 1. The molecular weight excluding hydrogens is 494 g/mol. The van der Waals surface area contributed by atoms with Gasteiger partial charge in [0, 0.05) is 36.2 Å². The van der Waals surface area contributed by atoms with Gasteiger partial charge in [0.1, 0.15) is 6.10 Å². The van der Waals surface area contributed by atoms with E-state index < -0.39 is 17.9 Å². The molecule has 1 saturated carbocycles. The van der Waals surface area contributed by atoms with E-state index in [1.165, 1.54) is 14.0 Å². The predicted octanol–water partition coefficient (Wildman–Crippen LogP) is 5.86. The van der Waals surface area contributed by atoms with Crippen LogP contribution in [0.1, 0.15) is 81.8 Å². The van der Waals surface area contributed by atoms with Gasteiger partial charge in [-0.05, 0) is 68.2 Å². The Labute approximate surface area is 229 Å². The van der Waals surface area contributed by atoms with E-state index in [-0.39, 0.29) is 23.6 Å². The molecule has 2 aromatic carbocycles. The zero-order chi connectivity index (χ0) is 27.5. The van der Waals surface area contributed by atoms with Crippen LogP contribution in [-0.4, -0.2) is 30.9 Å². The topological polar surface area (TPSA) is 90.9 Å². The van der Waals surface area contributed by atoms with Gasteiger partial charge in [0.05, 0.1) is 12.7 Å². The third kappa shape index (κ3) is 5.63. The number of ketones is 1. The summed E-state index contributed by atoms with van der Waals surface area (Å²) in [5, 5.41) is 3.42. The fraction of sp³-hybridized carbons (Fsp3) is 0.406. The summed E-state index contributed by atoms with van der Waals surface area (Å²) in [6, 6.07) is 15.2. The van der Waals surface area contributed by atoms with Gasteiger partial charge in [-0.15, -0.1) is 0 Å². The summed E-state index contributed by atoms with van der Waals surface area (Å²) in [6.45, 7) is 3.20. The Morgan fingerprint density at radius 3 is 2.36 bits per heavy atom. The molecule has 2 unspecified atom stereocenters. The van der Waals surface area contributed by atoms with Crippen LogP contribution >= 0.6 is 0 Å². The van der Waals surface area contributed by atoms with E-state index in [1.54, 1.807) is 18.2 Å². The number of rotatable bonds is 6. The molecule has 1 aliphatic heterocycles. The SMILES string of the molecule is COc1cc(C2C(C(=O)OC3CCCCC3)=C(C)NC3=C2C(=O)CC(c2ccccc2)C3)ccc1OC(C)=O. The lowest BCUT2D eigenvalue weighted by Crippen LogP contribution is -2.37. The molecule has 0 aromatic heterocycles. The van der Waals surface area contributed by atoms with E-state index >= 15 is 0 Å². The van der Waals surface area contributed by atoms with E-state index in [1.807, 2.05) is 25.1 Å². The monoisotopic (exact) mass is 529 g/mol. The fourth-order valence-corrected chi connectivity index (χ4v) is 6.10. The minimum absolute atomic E-state index is 0.00102. The Morgan fingerprint density at radius 1 is 0.923 bits per heavy atom. The van der Waals surface area contributed by atoms with E-state index in [2.05, 4.69) is 17.4 Å². The highest BCUT2D eigenvalue weighted by atomic mass is 16.6. The maximum atomic E-state index is 13.9. The lowest BCUT2D eigenvalue weighted by atomic mass is 9.71. The quantitative estimate of drug-likeness (QED) is 0.370. The van der Waals surface area contributed by atoms with Crippen LogP contribution in [0.4, 0.5) is 0 Å². The highest BCUT2D eigenvalue weighted by molar-refractivity contribution is 6.04. The molecule has 39 heavy (non-hydrogen) atoms. The summed E-state index contributed by atoms with van der Waals surface area (Å²) in [4.78, 5) is 39.2. The van der Waals surface area contributed by atoms with Crippen molar-refractivity contribution in [2.75, 3.05) is 7.11 Å². The van der Waals surface area contributed by atoms with Crippen LogP contribution in [0.3, 0.4) is 0 Å². The van der Waals surface area contributed by atoms with Gasteiger partial charge in [-0.3, -0.25) is 9.59 Å². The van der Waals surface area contributed by atoms with E-state index in [0.717, 1.165) is 43.4 Å². The molecule has 0 radical (unpaired) electrons. The highest BCUT2D eigenvalue weighted by Crippen LogP contribution is 2.47. The van der Waals surface area contributed by atoms with Crippen LogP contribution in [0, 0.1) is 0 Å². The van der Waals surface area contributed by atoms with Gasteiger partial charge in [0.25, 0.3) is 0 Å². The maximum absolute atomic E-state index is 13.9. The summed E-state index contributed by atoms with van der Waals surface area (Å²) in [5.74, 6) is -0.799. The number of nitrogens with one attached hydrogen (secondary N) is 1. The number of dihydropyridines is 1. The van der Waals surface area contributed by atoms with Crippen molar-refractivity contribution in [2.45, 2.75) is 76.7 Å². The van der Waals surface area contributed by atoms with Crippen molar-refractivity contribution in [1.82, 2.24) is 5.32 Å². The molecule has 1 heterocycles. The number of benzene rings is 2. The van der Waals surface area contributed by atoms with Gasteiger partial charge in [-0.2, -0.15) is 0 Å². The number of hydrogen-bond donors (Lipinski definition) is 1. The van der Waals surface area contributed by atoms with Gasteiger partial charge in [0.15, 0.2) is 17.3 Å². The molecule has 1 fully saturated rings. The lowest BCUT2D eigenvalue weighted by Gasteiger charge is -2.37. The van der Waals surface area contributed by atoms with E-state index in [9.17, 15) is 14.4 Å². The number of ether oxygens (including phenoxy) is 3. The van der Waals surface area contributed by atoms with Gasteiger partial charge in [0.2, 0.25) is 0 Å². The molecule has 1 N–H and O–H groups in total. The van der Waals surface area contributed by atoms with E-state index in [0.29, 0.717) is 41.0 Å². The molecule has 2 aromatic rings. The second kappa shape index (κ2) is 11.5. The number of methoxy groups -OCH3 is 1. The summed E-state index contributed by atoms with van der Waals surface area (Å²) < 4.78 is 16.9. The van der Waals surface area contributed by atoms with Gasteiger partial charge in [-0.25, -0.2) is 4.79 Å². The first-order valence-electron chi connectivity index (χ1n) is 13.7. The first-order valence-corrected chi connectivity index (χ1v) is 13.7. The minimum Gasteiger partial charge on any atom is -0.493 e. The van der Waals surface area contributed by atoms with Crippen LogP contribution in [-0.2, 0) is 19.1 Å². The first kappa shape index (κ1) is 26.7. The normalized spacial score (nSPS) is 21.7. The fourth-order valence-electron chi connectivity index (χ4n) is 6.10. The average molecular weight is 530 g/mol. The number of esters is 2. The third-order valence-corrected chi connectivity index (χ3v) is 7.92. The van der Waals surface area contributed by atoms with Crippen LogP contribution in [0.2, 0.25) is 0 Å². The van der Waals surface area contributed by atoms with Gasteiger partial charge < -0.3 is 19.5 Å². The second-order valence-corrected chi connectivity index (χ2v) is 10.6. The minimum atomic E-state index is -0.623. The van der Waals surface area contributed by atoms with Crippen LogP contribution in [0.15, 0.2) is 71.1 Å². The molecule has 2 aliphatic carbocycles. The molecule has 204 valence electrons. The van der Waals surface area contributed by atoms with Gasteiger partial charge in [-0.1, -0.05) is 42.8 Å². The zero-order valence-electron chi connectivity index (χ0n) is 22.8. The summed E-state index contributed by atoms with van der Waals surface area (Å²) in [7, 11) is 1.49. The first-order chi connectivity index (χ1) is 18.9. The Morgan fingerprint density at radius 2 is 1.67 bits per heavy atom. The van der Waals surface area contributed by atoms with Crippen LogP contribution in [0.25, 0.3) is 0 Å². The molecule has 5 rings (SSSR count). The van der Waals surface area contributed by atoms with E-state index in [4.69, 9.17) is 14.2 Å². The Bertz CT molecular complexity index is 1340. The smallest absolute Gasteiger partial charge is 0.337 e. The summed E-state index contributed by atoms with van der Waals surface area (Å²) in [5.41, 5.74) is 4.37. The molecule has 7 nitrogen and oxygen atoms in total. The Kier molecular flexibility index (Phi) is 7.87. The number of hydrogen-bond acceptors (Lipinski definition) is 7. The van der Waals surface area contributed by atoms with Crippen molar-refractivity contribution in [1.29, 1.82) is 0 Å². The Balaban J connectivity index is 1.57. The molecule has 3 aliphatic rings. The molecule has 0 saturated heterocycles. The van der Waals surface area contributed by atoms with Crippen molar-refractivity contribution < 1.29 is 28.6 Å². The lowest BCUT2D eigenvalue weighted by molar-refractivity contribution is -0.146. The second-order valence-electron chi connectivity index (χ2n) is 10.6. The standard InChI is InChI=1S/C32H35NO6/c1-19-29(32(36)39-24-12-8-5-9-13-24)30(22-14-15-27(38-20(2)34)28(18-22)37-3)31-25(33-19)16-23(17-26(31)35)21-10-6-4-7-11-21/h4,6-7,10-11,14-15,18,23-24,30,33H,5,8-9,12-13,16-17H2,1-3H3. The number of carbonyl (C=O) groups excluding carboxylic acids is 3. The van der Waals surface area contributed by atoms with Crippen molar-refractivity contribution >= 4 is 17.7 Å². The predicted molar refractivity (Wildman–Crippen MR) is 146 cm³/mol. The summed E-state index contributed by atoms with van der Waals surface area (Å²) in [6.07, 6.45) is 5.84. The van der Waals surface area contributed by atoms with Crippen molar-refractivity contribution in [3.8, 4) is 11.5 Å². The molecule has 0 spiro atoms. The number of allylic oxidation sites excluding steroid dienone is 3.